The van der Waals surface area contributed by atoms with Crippen LogP contribution in [0.25, 0.3) is 0 Å². The van der Waals surface area contributed by atoms with Crippen LogP contribution < -0.4 is 0 Å². The smallest absolute Gasteiger partial charge is 0.00246 e. The third kappa shape index (κ3) is 4.08. The average Bonchev–Trinajstić information content (AvgIpc) is 2.75. The molecule has 2 aromatic rings. The molecule has 0 heterocycles. The van der Waals surface area contributed by atoms with Crippen LogP contribution in [0.1, 0.15) is 59.8 Å². The summed E-state index contributed by atoms with van der Waals surface area (Å²) in [4.78, 5) is 2.31. The molecule has 0 saturated carbocycles. The van der Waals surface area contributed by atoms with E-state index in [1.807, 2.05) is 0 Å². The van der Waals surface area contributed by atoms with Gasteiger partial charge in [-0.3, -0.25) is 0 Å². The molecule has 1 nitrogen and oxygen atoms in total. The molecule has 0 radical (unpaired) electrons. The van der Waals surface area contributed by atoms with Gasteiger partial charge >= 0.3 is 0 Å². The molecule has 3 rings (SSSR count). The lowest BCUT2D eigenvalue weighted by Gasteiger charge is -2.28. The van der Waals surface area contributed by atoms with Crippen LogP contribution in [0.2, 0.25) is 0 Å². The molecule has 2 aromatic carbocycles. The molecule has 0 saturated heterocycles. The van der Waals surface area contributed by atoms with E-state index >= 15 is 0 Å². The Balaban J connectivity index is 1.91. The molecule has 0 N–H and O–H groups in total. The van der Waals surface area contributed by atoms with E-state index < -0.39 is 0 Å². The molecule has 0 aliphatic heterocycles. The van der Waals surface area contributed by atoms with Crippen LogP contribution in [-0.4, -0.2) is 25.5 Å². The van der Waals surface area contributed by atoms with Crippen molar-refractivity contribution in [3.05, 3.63) is 70.8 Å². The molecule has 0 unspecified atom stereocenters. The van der Waals surface area contributed by atoms with Crippen molar-refractivity contribution in [3.8, 4) is 0 Å². The molecule has 1 heteroatoms. The predicted molar refractivity (Wildman–Crippen MR) is 104 cm³/mol. The minimum atomic E-state index is 0.659. The van der Waals surface area contributed by atoms with Crippen LogP contribution >= 0.6 is 0 Å². The Morgan fingerprint density at radius 2 is 1.75 bits per heavy atom. The fourth-order valence-electron chi connectivity index (χ4n) is 4.25. The number of rotatable bonds is 5. The van der Waals surface area contributed by atoms with E-state index in [1.54, 1.807) is 11.1 Å². The van der Waals surface area contributed by atoms with E-state index in [2.05, 4.69) is 74.4 Å². The molecule has 0 aromatic heterocycles. The molecule has 0 bridgehead atoms. The molecule has 0 spiro atoms. The number of nitrogens with zero attached hydrogens (tertiary/aromatic N) is 1. The van der Waals surface area contributed by atoms with Crippen LogP contribution in [0.5, 0.6) is 0 Å². The molecule has 1 aliphatic carbocycles. The van der Waals surface area contributed by atoms with E-state index in [0.29, 0.717) is 11.8 Å². The lowest BCUT2D eigenvalue weighted by atomic mass is 9.77. The van der Waals surface area contributed by atoms with Gasteiger partial charge in [-0.05, 0) is 88.2 Å². The number of hydrogen-bond donors (Lipinski definition) is 0. The Morgan fingerprint density at radius 3 is 2.50 bits per heavy atom. The van der Waals surface area contributed by atoms with Crippen molar-refractivity contribution in [1.82, 2.24) is 4.90 Å². The van der Waals surface area contributed by atoms with Gasteiger partial charge in [0, 0.05) is 0 Å². The third-order valence-electron chi connectivity index (χ3n) is 5.53. The topological polar surface area (TPSA) is 3.24 Å². The number of benzene rings is 2. The van der Waals surface area contributed by atoms with Gasteiger partial charge in [0.05, 0.1) is 0 Å². The number of fused-ring (bicyclic) bond motifs is 1. The summed E-state index contributed by atoms with van der Waals surface area (Å²) in [5.74, 6) is 1.32. The quantitative estimate of drug-likeness (QED) is 0.653. The van der Waals surface area contributed by atoms with Crippen LogP contribution in [0, 0.1) is 6.92 Å². The molecule has 2 atom stereocenters. The minimum Gasteiger partial charge on any atom is -0.309 e. The molecule has 0 amide bonds. The molecule has 128 valence electrons. The zero-order chi connectivity index (χ0) is 16.9. The molecule has 24 heavy (non-hydrogen) atoms. The number of aryl methyl sites for hydroxylation is 2. The molecule has 1 aliphatic rings. The van der Waals surface area contributed by atoms with Gasteiger partial charge in [-0.25, -0.2) is 0 Å². The largest absolute Gasteiger partial charge is 0.309 e. The Labute approximate surface area is 147 Å². The second-order valence-electron chi connectivity index (χ2n) is 7.66. The van der Waals surface area contributed by atoms with Gasteiger partial charge in [-0.15, -0.1) is 0 Å². The Morgan fingerprint density at radius 1 is 1.00 bits per heavy atom. The van der Waals surface area contributed by atoms with Crippen molar-refractivity contribution in [3.63, 3.8) is 0 Å². The first-order valence-corrected chi connectivity index (χ1v) is 9.44. The van der Waals surface area contributed by atoms with Gasteiger partial charge in [0.2, 0.25) is 0 Å². The second-order valence-corrected chi connectivity index (χ2v) is 7.66. The Hall–Kier alpha value is -1.60. The fourth-order valence-corrected chi connectivity index (χ4v) is 4.25. The first-order chi connectivity index (χ1) is 11.6. The average molecular weight is 322 g/mol. The second kappa shape index (κ2) is 7.98. The van der Waals surface area contributed by atoms with Crippen molar-refractivity contribution < 1.29 is 0 Å². The SMILES string of the molecule is Cc1ccc([C@H]2CCCc3ccccc3[C@H]2CCCN(C)C)cc1. The summed E-state index contributed by atoms with van der Waals surface area (Å²) in [6.45, 7) is 3.36. The first-order valence-electron chi connectivity index (χ1n) is 9.44. The fraction of sp³-hybridized carbons (Fsp3) is 0.478. The predicted octanol–water partition coefficient (Wildman–Crippen LogP) is 5.54. The van der Waals surface area contributed by atoms with Gasteiger partial charge in [0.1, 0.15) is 0 Å². The zero-order valence-electron chi connectivity index (χ0n) is 15.5. The normalized spacial score (nSPS) is 20.7. The van der Waals surface area contributed by atoms with E-state index in [0.717, 1.165) is 0 Å². The summed E-state index contributed by atoms with van der Waals surface area (Å²) >= 11 is 0. The van der Waals surface area contributed by atoms with E-state index in [9.17, 15) is 0 Å². The first kappa shape index (κ1) is 17.2. The van der Waals surface area contributed by atoms with Gasteiger partial charge in [-0.2, -0.15) is 0 Å². The van der Waals surface area contributed by atoms with Crippen molar-refractivity contribution in [2.75, 3.05) is 20.6 Å². The van der Waals surface area contributed by atoms with Crippen molar-refractivity contribution >= 4 is 0 Å². The van der Waals surface area contributed by atoms with Crippen molar-refractivity contribution in [2.24, 2.45) is 0 Å². The third-order valence-corrected chi connectivity index (χ3v) is 5.53. The van der Waals surface area contributed by atoms with Crippen LogP contribution in [-0.2, 0) is 6.42 Å². The summed E-state index contributed by atoms with van der Waals surface area (Å²) < 4.78 is 0. The van der Waals surface area contributed by atoms with E-state index in [1.165, 1.54) is 49.8 Å². The summed E-state index contributed by atoms with van der Waals surface area (Å²) in [6, 6.07) is 18.5. The number of hydrogen-bond acceptors (Lipinski definition) is 1. The maximum atomic E-state index is 2.39. The Bertz CT molecular complexity index is 641. The van der Waals surface area contributed by atoms with Gasteiger partial charge in [-0.1, -0.05) is 54.1 Å². The maximum absolute atomic E-state index is 2.39. The van der Waals surface area contributed by atoms with E-state index in [-0.39, 0.29) is 0 Å². The van der Waals surface area contributed by atoms with Crippen LogP contribution in [0.15, 0.2) is 48.5 Å². The maximum Gasteiger partial charge on any atom is -0.00246 e. The van der Waals surface area contributed by atoms with E-state index in [4.69, 9.17) is 0 Å². The summed E-state index contributed by atoms with van der Waals surface area (Å²) in [6.07, 6.45) is 6.41. The minimum absolute atomic E-state index is 0.659. The van der Waals surface area contributed by atoms with Crippen LogP contribution in [0.3, 0.4) is 0 Å². The summed E-state index contributed by atoms with van der Waals surface area (Å²) in [5.41, 5.74) is 6.09. The summed E-state index contributed by atoms with van der Waals surface area (Å²) in [5, 5.41) is 0. The molecular weight excluding hydrogens is 290 g/mol. The lowest BCUT2D eigenvalue weighted by molar-refractivity contribution is 0.371. The van der Waals surface area contributed by atoms with Crippen LogP contribution in [0.4, 0.5) is 0 Å². The highest BCUT2D eigenvalue weighted by molar-refractivity contribution is 5.36. The monoisotopic (exact) mass is 321 g/mol. The summed E-state index contributed by atoms with van der Waals surface area (Å²) in [7, 11) is 4.36. The molecule has 0 fully saturated rings. The zero-order valence-corrected chi connectivity index (χ0v) is 15.5. The van der Waals surface area contributed by atoms with Crippen molar-refractivity contribution in [1.29, 1.82) is 0 Å². The highest BCUT2D eigenvalue weighted by Crippen LogP contribution is 2.43. The van der Waals surface area contributed by atoms with Gasteiger partial charge in [0.15, 0.2) is 0 Å². The standard InChI is InChI=1S/C23H31N/c1-18-13-15-20(16-14-18)22-11-6-9-19-8-4-5-10-21(19)23(22)12-7-17-24(2)3/h4-5,8,10,13-16,22-23H,6-7,9,11-12,17H2,1-3H3/t22-,23-/m1/s1. The van der Waals surface area contributed by atoms with Gasteiger partial charge < -0.3 is 4.90 Å². The highest BCUT2D eigenvalue weighted by Gasteiger charge is 2.28. The lowest BCUT2D eigenvalue weighted by Crippen LogP contribution is -2.16. The van der Waals surface area contributed by atoms with Gasteiger partial charge in [0.25, 0.3) is 0 Å². The van der Waals surface area contributed by atoms with Crippen molar-refractivity contribution in [2.45, 2.75) is 50.9 Å². The Kier molecular flexibility index (Phi) is 5.73. The molecular formula is C23H31N. The highest BCUT2D eigenvalue weighted by atomic mass is 15.0.